The molecule has 1 aromatic carbocycles. The third-order valence-corrected chi connectivity index (χ3v) is 3.17. The highest BCUT2D eigenvalue weighted by molar-refractivity contribution is 6.02. The number of methoxy groups -OCH3 is 1. The van der Waals surface area contributed by atoms with Gasteiger partial charge in [-0.1, -0.05) is 12.1 Å². The normalized spacial score (nSPS) is 14.8. The maximum Gasteiger partial charge on any atom is 0.427 e. The van der Waals surface area contributed by atoms with Gasteiger partial charge in [0, 0.05) is 6.54 Å². The molecule has 0 atom stereocenters. The van der Waals surface area contributed by atoms with Crippen molar-refractivity contribution < 1.29 is 23.9 Å². The number of nitrogens with one attached hydrogen (secondary N) is 1. The van der Waals surface area contributed by atoms with Crippen molar-refractivity contribution >= 4 is 18.0 Å². The third kappa shape index (κ3) is 4.37. The second-order valence-electron chi connectivity index (χ2n) is 6.33. The first kappa shape index (κ1) is 17.6. The molecular formula is C16H21N3O5. The van der Waals surface area contributed by atoms with Crippen molar-refractivity contribution in [1.82, 2.24) is 15.3 Å². The molecule has 1 N–H and O–H groups in total. The zero-order chi connectivity index (χ0) is 17.9. The summed E-state index contributed by atoms with van der Waals surface area (Å²) in [7, 11) is 1.57. The van der Waals surface area contributed by atoms with Gasteiger partial charge in [0.2, 0.25) is 0 Å². The maximum absolute atomic E-state index is 12.3. The molecule has 8 nitrogen and oxygen atoms in total. The standard InChI is InChI=1S/C16H21N3O5/c1-16(2,3)24-14(21)17-19-13(20)10-18(15(19)22)9-11-5-7-12(23-4)8-6-11/h5-8H,9-10H2,1-4H3,(H,17,21). The fourth-order valence-corrected chi connectivity index (χ4v) is 2.13. The van der Waals surface area contributed by atoms with Crippen LogP contribution < -0.4 is 10.2 Å². The first-order valence-corrected chi connectivity index (χ1v) is 7.44. The smallest absolute Gasteiger partial charge is 0.427 e. The largest absolute Gasteiger partial charge is 0.497 e. The van der Waals surface area contributed by atoms with E-state index < -0.39 is 23.6 Å². The van der Waals surface area contributed by atoms with Gasteiger partial charge in [0.05, 0.1) is 7.11 Å². The number of amides is 4. The van der Waals surface area contributed by atoms with Crippen molar-refractivity contribution in [1.29, 1.82) is 0 Å². The molecule has 8 heteroatoms. The van der Waals surface area contributed by atoms with Crippen LogP contribution in [0.15, 0.2) is 24.3 Å². The quantitative estimate of drug-likeness (QED) is 0.849. The van der Waals surface area contributed by atoms with Crippen LogP contribution in [0, 0.1) is 0 Å². The van der Waals surface area contributed by atoms with Gasteiger partial charge in [-0.15, -0.1) is 0 Å². The summed E-state index contributed by atoms with van der Waals surface area (Å²) in [6.07, 6.45) is -0.851. The Hall–Kier alpha value is -2.77. The summed E-state index contributed by atoms with van der Waals surface area (Å²) in [5.74, 6) is 0.190. The highest BCUT2D eigenvalue weighted by Crippen LogP contribution is 2.16. The number of imide groups is 1. The average Bonchev–Trinajstić information content (AvgIpc) is 2.74. The van der Waals surface area contributed by atoms with Gasteiger partial charge in [-0.25, -0.2) is 15.0 Å². The predicted octanol–water partition coefficient (Wildman–Crippen LogP) is 1.90. The molecule has 0 bridgehead atoms. The molecular weight excluding hydrogens is 314 g/mol. The molecule has 0 radical (unpaired) electrons. The van der Waals surface area contributed by atoms with E-state index in [-0.39, 0.29) is 13.1 Å². The Morgan fingerprint density at radius 2 is 1.83 bits per heavy atom. The number of urea groups is 1. The van der Waals surface area contributed by atoms with E-state index in [0.717, 1.165) is 5.56 Å². The van der Waals surface area contributed by atoms with Crippen molar-refractivity contribution in [3.63, 3.8) is 0 Å². The van der Waals surface area contributed by atoms with Crippen LogP contribution in [0.4, 0.5) is 9.59 Å². The molecule has 0 saturated carbocycles. The Kier molecular flexibility index (Phi) is 4.96. The second-order valence-corrected chi connectivity index (χ2v) is 6.33. The van der Waals surface area contributed by atoms with Gasteiger partial charge in [0.25, 0.3) is 5.91 Å². The number of hydrogen-bond donors (Lipinski definition) is 1. The fraction of sp³-hybridized carbons (Fsp3) is 0.438. The summed E-state index contributed by atoms with van der Waals surface area (Å²) in [6, 6.07) is 6.56. The van der Waals surface area contributed by atoms with Crippen molar-refractivity contribution in [2.75, 3.05) is 13.7 Å². The molecule has 1 fully saturated rings. The van der Waals surface area contributed by atoms with E-state index in [1.807, 2.05) is 0 Å². The van der Waals surface area contributed by atoms with Gasteiger partial charge in [0.1, 0.15) is 17.9 Å². The number of hydrogen-bond acceptors (Lipinski definition) is 5. The Morgan fingerprint density at radius 1 is 1.21 bits per heavy atom. The molecule has 0 aliphatic carbocycles. The van der Waals surface area contributed by atoms with Gasteiger partial charge >= 0.3 is 12.1 Å². The van der Waals surface area contributed by atoms with Gasteiger partial charge in [-0.3, -0.25) is 4.79 Å². The number of carbonyl (C=O) groups excluding carboxylic acids is 3. The first-order chi connectivity index (χ1) is 11.2. The lowest BCUT2D eigenvalue weighted by molar-refractivity contribution is -0.127. The van der Waals surface area contributed by atoms with Crippen LogP contribution in [0.1, 0.15) is 26.3 Å². The molecule has 1 aromatic rings. The fourth-order valence-electron chi connectivity index (χ4n) is 2.13. The SMILES string of the molecule is COc1ccc(CN2CC(=O)N(NC(=O)OC(C)(C)C)C2=O)cc1. The molecule has 24 heavy (non-hydrogen) atoms. The number of rotatable bonds is 4. The van der Waals surface area contributed by atoms with Crippen molar-refractivity contribution in [2.24, 2.45) is 0 Å². The lowest BCUT2D eigenvalue weighted by Gasteiger charge is -2.22. The van der Waals surface area contributed by atoms with E-state index in [4.69, 9.17) is 9.47 Å². The van der Waals surface area contributed by atoms with Crippen LogP contribution in [-0.4, -0.2) is 47.2 Å². The molecule has 1 aliphatic rings. The third-order valence-electron chi connectivity index (χ3n) is 3.17. The molecule has 0 unspecified atom stereocenters. The van der Waals surface area contributed by atoms with E-state index in [9.17, 15) is 14.4 Å². The van der Waals surface area contributed by atoms with Crippen molar-refractivity contribution in [3.05, 3.63) is 29.8 Å². The minimum atomic E-state index is -0.851. The number of ether oxygens (including phenoxy) is 2. The minimum Gasteiger partial charge on any atom is -0.497 e. The molecule has 2 rings (SSSR count). The Morgan fingerprint density at radius 3 is 2.38 bits per heavy atom. The van der Waals surface area contributed by atoms with Crippen LogP contribution in [0.25, 0.3) is 0 Å². The van der Waals surface area contributed by atoms with Crippen molar-refractivity contribution in [2.45, 2.75) is 32.9 Å². The topological polar surface area (TPSA) is 88.2 Å². The predicted molar refractivity (Wildman–Crippen MR) is 85.0 cm³/mol. The summed E-state index contributed by atoms with van der Waals surface area (Å²) in [6.45, 7) is 5.21. The summed E-state index contributed by atoms with van der Waals surface area (Å²) in [5, 5.41) is 0.678. The zero-order valence-corrected chi connectivity index (χ0v) is 14.2. The molecule has 4 amide bonds. The van der Waals surface area contributed by atoms with Gasteiger partial charge < -0.3 is 14.4 Å². The Bertz CT molecular complexity index is 636. The summed E-state index contributed by atoms with van der Waals surface area (Å²) < 4.78 is 10.1. The molecule has 1 aliphatic heterocycles. The van der Waals surface area contributed by atoms with Gasteiger partial charge in [0.15, 0.2) is 0 Å². The first-order valence-electron chi connectivity index (χ1n) is 7.44. The second kappa shape index (κ2) is 6.77. The van der Waals surface area contributed by atoms with Crippen molar-refractivity contribution in [3.8, 4) is 5.75 Å². The number of benzene rings is 1. The zero-order valence-electron chi connectivity index (χ0n) is 14.2. The molecule has 1 saturated heterocycles. The van der Waals surface area contributed by atoms with Crippen LogP contribution in [0.5, 0.6) is 5.75 Å². The molecule has 1 heterocycles. The molecule has 0 spiro atoms. The monoisotopic (exact) mass is 335 g/mol. The van der Waals surface area contributed by atoms with Gasteiger partial charge in [-0.05, 0) is 38.5 Å². The summed E-state index contributed by atoms with van der Waals surface area (Å²) in [4.78, 5) is 37.3. The lowest BCUT2D eigenvalue weighted by atomic mass is 10.2. The maximum atomic E-state index is 12.3. The number of nitrogens with zero attached hydrogens (tertiary/aromatic N) is 2. The Balaban J connectivity index is 1.98. The summed E-state index contributed by atoms with van der Waals surface area (Å²) in [5.41, 5.74) is 2.30. The highest BCUT2D eigenvalue weighted by Gasteiger charge is 2.38. The van der Waals surface area contributed by atoms with E-state index in [1.165, 1.54) is 4.90 Å². The van der Waals surface area contributed by atoms with E-state index in [1.54, 1.807) is 52.1 Å². The minimum absolute atomic E-state index is 0.110. The molecule has 130 valence electrons. The van der Waals surface area contributed by atoms with Crippen LogP contribution in [0.2, 0.25) is 0 Å². The summed E-state index contributed by atoms with van der Waals surface area (Å²) >= 11 is 0. The average molecular weight is 335 g/mol. The number of hydrazine groups is 1. The van der Waals surface area contributed by atoms with E-state index in [2.05, 4.69) is 5.43 Å². The van der Waals surface area contributed by atoms with Crippen LogP contribution in [-0.2, 0) is 16.1 Å². The number of carbonyl (C=O) groups is 3. The molecule has 0 aromatic heterocycles. The highest BCUT2D eigenvalue weighted by atomic mass is 16.6. The van der Waals surface area contributed by atoms with E-state index >= 15 is 0 Å². The Labute approximate surface area is 140 Å². The van der Waals surface area contributed by atoms with Gasteiger partial charge in [-0.2, -0.15) is 5.01 Å². The van der Waals surface area contributed by atoms with E-state index in [0.29, 0.717) is 10.8 Å². The van der Waals surface area contributed by atoms with Crippen LogP contribution >= 0.6 is 0 Å². The van der Waals surface area contributed by atoms with Crippen LogP contribution in [0.3, 0.4) is 0 Å². The lowest BCUT2D eigenvalue weighted by Crippen LogP contribution is -2.48.